The lowest BCUT2D eigenvalue weighted by Crippen LogP contribution is -2.12. The zero-order chi connectivity index (χ0) is 13.1. The van der Waals surface area contributed by atoms with Crippen molar-refractivity contribution in [3.63, 3.8) is 0 Å². The van der Waals surface area contributed by atoms with Crippen LogP contribution >= 0.6 is 0 Å². The van der Waals surface area contributed by atoms with Crippen LogP contribution in [0.1, 0.15) is 46.0 Å². The molecular weight excluding hydrogens is 212 g/mol. The standard InChI is InChI=1S/C14H24N2O/c1-10(2)7-12-13(17-6)16-11(9-15-12)8-14(3,4)5/h9-10H,7-8H2,1-6H3. The van der Waals surface area contributed by atoms with Gasteiger partial charge in [-0.1, -0.05) is 34.6 Å². The molecule has 0 aliphatic carbocycles. The predicted octanol–water partition coefficient (Wildman–Crippen LogP) is 3.27. The maximum atomic E-state index is 5.33. The molecule has 0 fully saturated rings. The molecule has 3 nitrogen and oxygen atoms in total. The van der Waals surface area contributed by atoms with Crippen molar-refractivity contribution in [2.75, 3.05) is 7.11 Å². The second kappa shape index (κ2) is 5.48. The summed E-state index contributed by atoms with van der Waals surface area (Å²) in [6.07, 6.45) is 3.70. The van der Waals surface area contributed by atoms with E-state index in [4.69, 9.17) is 4.74 Å². The molecule has 0 saturated heterocycles. The number of rotatable bonds is 4. The van der Waals surface area contributed by atoms with Crippen molar-refractivity contribution in [2.24, 2.45) is 11.3 Å². The highest BCUT2D eigenvalue weighted by atomic mass is 16.5. The van der Waals surface area contributed by atoms with Crippen molar-refractivity contribution in [3.05, 3.63) is 17.6 Å². The second-order valence-electron chi connectivity index (χ2n) is 6.15. The maximum Gasteiger partial charge on any atom is 0.235 e. The third-order valence-electron chi connectivity index (χ3n) is 2.37. The minimum atomic E-state index is 0.221. The highest BCUT2D eigenvalue weighted by Gasteiger charge is 2.15. The van der Waals surface area contributed by atoms with Crippen LogP contribution in [0, 0.1) is 11.3 Å². The van der Waals surface area contributed by atoms with E-state index < -0.39 is 0 Å². The van der Waals surface area contributed by atoms with Gasteiger partial charge in [0.05, 0.1) is 12.8 Å². The fourth-order valence-electron chi connectivity index (χ4n) is 1.75. The van der Waals surface area contributed by atoms with Gasteiger partial charge in [-0.25, -0.2) is 4.98 Å². The molecule has 0 aliphatic heterocycles. The third-order valence-corrected chi connectivity index (χ3v) is 2.37. The minimum Gasteiger partial charge on any atom is -0.480 e. The Bertz CT molecular complexity index is 367. The van der Waals surface area contributed by atoms with Crippen LogP contribution in [0.15, 0.2) is 6.20 Å². The Balaban J connectivity index is 2.92. The van der Waals surface area contributed by atoms with Gasteiger partial charge in [0.2, 0.25) is 5.88 Å². The van der Waals surface area contributed by atoms with Gasteiger partial charge in [0.1, 0.15) is 5.69 Å². The van der Waals surface area contributed by atoms with Gasteiger partial charge in [-0.05, 0) is 24.2 Å². The quantitative estimate of drug-likeness (QED) is 0.804. The summed E-state index contributed by atoms with van der Waals surface area (Å²) in [7, 11) is 1.66. The van der Waals surface area contributed by atoms with Gasteiger partial charge >= 0.3 is 0 Å². The molecule has 0 atom stereocenters. The lowest BCUT2D eigenvalue weighted by atomic mass is 9.91. The van der Waals surface area contributed by atoms with Crippen LogP contribution in [0.25, 0.3) is 0 Å². The molecule has 96 valence electrons. The fourth-order valence-corrected chi connectivity index (χ4v) is 1.75. The summed E-state index contributed by atoms with van der Waals surface area (Å²) >= 11 is 0. The average Bonchev–Trinajstić information content (AvgIpc) is 2.17. The lowest BCUT2D eigenvalue weighted by molar-refractivity contribution is 0.372. The Morgan fingerprint density at radius 2 is 1.94 bits per heavy atom. The van der Waals surface area contributed by atoms with Crippen LogP contribution in [0.4, 0.5) is 0 Å². The van der Waals surface area contributed by atoms with Crippen molar-refractivity contribution >= 4 is 0 Å². The molecule has 1 heterocycles. The van der Waals surface area contributed by atoms with E-state index in [0.717, 1.165) is 24.2 Å². The van der Waals surface area contributed by atoms with E-state index in [1.54, 1.807) is 7.11 Å². The van der Waals surface area contributed by atoms with Crippen molar-refractivity contribution in [2.45, 2.75) is 47.5 Å². The first-order chi connectivity index (χ1) is 7.81. The second-order valence-corrected chi connectivity index (χ2v) is 6.15. The van der Waals surface area contributed by atoms with E-state index in [1.807, 2.05) is 6.20 Å². The molecule has 1 rings (SSSR count). The Morgan fingerprint density at radius 3 is 2.41 bits per heavy atom. The van der Waals surface area contributed by atoms with E-state index in [0.29, 0.717) is 11.8 Å². The van der Waals surface area contributed by atoms with Crippen molar-refractivity contribution in [1.82, 2.24) is 9.97 Å². The molecule has 0 amide bonds. The van der Waals surface area contributed by atoms with Gasteiger partial charge in [0.25, 0.3) is 0 Å². The zero-order valence-corrected chi connectivity index (χ0v) is 11.9. The number of hydrogen-bond donors (Lipinski definition) is 0. The number of ether oxygens (including phenoxy) is 1. The maximum absolute atomic E-state index is 5.33. The molecule has 0 bridgehead atoms. The first-order valence-electron chi connectivity index (χ1n) is 6.20. The van der Waals surface area contributed by atoms with Gasteiger partial charge in [-0.15, -0.1) is 0 Å². The summed E-state index contributed by atoms with van der Waals surface area (Å²) in [6.45, 7) is 10.9. The van der Waals surface area contributed by atoms with E-state index >= 15 is 0 Å². The summed E-state index contributed by atoms with van der Waals surface area (Å²) in [5.41, 5.74) is 2.18. The highest BCUT2D eigenvalue weighted by Crippen LogP contribution is 2.22. The first kappa shape index (κ1) is 13.9. The summed E-state index contributed by atoms with van der Waals surface area (Å²) in [4.78, 5) is 9.03. The van der Waals surface area contributed by atoms with Crippen LogP contribution in [-0.2, 0) is 12.8 Å². The van der Waals surface area contributed by atoms with E-state index in [1.165, 1.54) is 0 Å². The first-order valence-corrected chi connectivity index (χ1v) is 6.20. The van der Waals surface area contributed by atoms with E-state index in [-0.39, 0.29) is 5.41 Å². The van der Waals surface area contributed by atoms with E-state index in [2.05, 4.69) is 44.6 Å². The molecular formula is C14H24N2O. The highest BCUT2D eigenvalue weighted by molar-refractivity contribution is 5.21. The lowest BCUT2D eigenvalue weighted by Gasteiger charge is -2.18. The van der Waals surface area contributed by atoms with Crippen LogP contribution in [0.5, 0.6) is 5.88 Å². The van der Waals surface area contributed by atoms with E-state index in [9.17, 15) is 0 Å². The largest absolute Gasteiger partial charge is 0.480 e. The molecule has 0 aromatic carbocycles. The number of aromatic nitrogens is 2. The van der Waals surface area contributed by atoms with Gasteiger partial charge < -0.3 is 4.74 Å². The minimum absolute atomic E-state index is 0.221. The van der Waals surface area contributed by atoms with Crippen LogP contribution < -0.4 is 4.74 Å². The van der Waals surface area contributed by atoms with Crippen molar-refractivity contribution in [1.29, 1.82) is 0 Å². The molecule has 0 unspecified atom stereocenters. The molecule has 0 saturated carbocycles. The Hall–Kier alpha value is -1.12. The Labute approximate surface area is 105 Å². The topological polar surface area (TPSA) is 35.0 Å². The monoisotopic (exact) mass is 236 g/mol. The summed E-state index contributed by atoms with van der Waals surface area (Å²) in [5.74, 6) is 1.24. The van der Waals surface area contributed by atoms with Gasteiger partial charge in [-0.2, -0.15) is 0 Å². The fraction of sp³-hybridized carbons (Fsp3) is 0.714. The predicted molar refractivity (Wildman–Crippen MR) is 70.3 cm³/mol. The summed E-state index contributed by atoms with van der Waals surface area (Å²) in [6, 6.07) is 0. The Kier molecular flexibility index (Phi) is 4.49. The molecule has 0 aliphatic rings. The molecule has 0 radical (unpaired) electrons. The average molecular weight is 236 g/mol. The zero-order valence-electron chi connectivity index (χ0n) is 11.9. The van der Waals surface area contributed by atoms with Crippen LogP contribution in [-0.4, -0.2) is 17.1 Å². The normalized spacial score (nSPS) is 11.9. The summed E-state index contributed by atoms with van der Waals surface area (Å²) < 4.78 is 5.33. The van der Waals surface area contributed by atoms with Crippen LogP contribution in [0.2, 0.25) is 0 Å². The third kappa shape index (κ3) is 4.72. The van der Waals surface area contributed by atoms with Crippen LogP contribution in [0.3, 0.4) is 0 Å². The van der Waals surface area contributed by atoms with Gasteiger partial charge in [0, 0.05) is 6.20 Å². The van der Waals surface area contributed by atoms with Crippen molar-refractivity contribution in [3.8, 4) is 5.88 Å². The summed E-state index contributed by atoms with van der Waals surface area (Å²) in [5, 5.41) is 0. The molecule has 1 aromatic rings. The Morgan fingerprint density at radius 1 is 1.29 bits per heavy atom. The molecule has 17 heavy (non-hydrogen) atoms. The van der Waals surface area contributed by atoms with Gasteiger partial charge in [0.15, 0.2) is 0 Å². The number of nitrogens with zero attached hydrogens (tertiary/aromatic N) is 2. The molecule has 0 N–H and O–H groups in total. The number of hydrogen-bond acceptors (Lipinski definition) is 3. The van der Waals surface area contributed by atoms with Crippen molar-refractivity contribution < 1.29 is 4.74 Å². The smallest absolute Gasteiger partial charge is 0.235 e. The molecule has 0 spiro atoms. The van der Waals surface area contributed by atoms with Gasteiger partial charge in [-0.3, -0.25) is 4.98 Å². The molecule has 1 aromatic heterocycles. The SMILES string of the molecule is COc1nc(CC(C)(C)C)cnc1CC(C)C. The number of methoxy groups -OCH3 is 1. The molecule has 3 heteroatoms.